The van der Waals surface area contributed by atoms with Gasteiger partial charge in [0.15, 0.2) is 0 Å². The van der Waals surface area contributed by atoms with Crippen LogP contribution in [0.25, 0.3) is 22.3 Å². The van der Waals surface area contributed by atoms with E-state index in [1.54, 1.807) is 43.5 Å². The van der Waals surface area contributed by atoms with Gasteiger partial charge in [0.25, 0.3) is 5.91 Å². The third-order valence-corrected chi connectivity index (χ3v) is 7.93. The van der Waals surface area contributed by atoms with Crippen LogP contribution in [-0.2, 0) is 11.2 Å². The summed E-state index contributed by atoms with van der Waals surface area (Å²) in [5.74, 6) is -2.03. The molecule has 0 saturated heterocycles. The van der Waals surface area contributed by atoms with Gasteiger partial charge in [0.1, 0.15) is 23.1 Å². The fourth-order valence-corrected chi connectivity index (χ4v) is 5.75. The Morgan fingerprint density at radius 1 is 0.851 bits per heavy atom. The average molecular weight is 657 g/mol. The van der Waals surface area contributed by atoms with Crippen molar-refractivity contribution in [1.82, 2.24) is 9.88 Å². The molecule has 244 valence electrons. The molecule has 11 heteroatoms. The second-order valence-corrected chi connectivity index (χ2v) is 11.6. The second-order valence-electron chi connectivity index (χ2n) is 11.6. The molecule has 0 aliphatic carbocycles. The van der Waals surface area contributed by atoms with Gasteiger partial charge in [0, 0.05) is 35.3 Å². The van der Waals surface area contributed by atoms with Crippen molar-refractivity contribution in [2.45, 2.75) is 70.7 Å². The largest absolute Gasteiger partial charge is 1.00 e. The Bertz CT molecular complexity index is 1640. The number of nitrogens with zero attached hydrogens (tertiary/aromatic N) is 1. The molecular formula is C36H39F2N2NaO6. The maximum Gasteiger partial charge on any atom is 1.00 e. The molecule has 0 radical (unpaired) electrons. The average Bonchev–Trinajstić information content (AvgIpc) is 3.36. The predicted octanol–water partition coefficient (Wildman–Crippen LogP) is 2.37. The number of halogens is 2. The van der Waals surface area contributed by atoms with E-state index in [1.807, 2.05) is 37.5 Å². The quantitative estimate of drug-likeness (QED) is 0.179. The number of methoxy groups -OCH3 is 1. The van der Waals surface area contributed by atoms with E-state index in [2.05, 4.69) is 5.32 Å². The van der Waals surface area contributed by atoms with Crippen LogP contribution in [-0.4, -0.2) is 46.0 Å². The molecule has 0 bridgehead atoms. The molecular weight excluding hydrogens is 617 g/mol. The first-order valence-electron chi connectivity index (χ1n) is 15.2. The number of aliphatic hydroxyl groups is 2. The molecule has 0 aliphatic rings. The molecule has 0 unspecified atom stereocenters. The Balaban J connectivity index is 0.00000600. The fraction of sp³-hybridized carbons (Fsp3) is 0.333. The van der Waals surface area contributed by atoms with Crippen LogP contribution >= 0.6 is 0 Å². The van der Waals surface area contributed by atoms with Crippen LogP contribution in [0.3, 0.4) is 0 Å². The number of aliphatic hydroxyl groups excluding tert-OH is 2. The molecule has 4 aromatic rings. The number of hydrogen-bond acceptors (Lipinski definition) is 6. The van der Waals surface area contributed by atoms with Crippen molar-refractivity contribution in [3.8, 4) is 28.0 Å². The minimum atomic E-state index is -1.42. The Labute approximate surface area is 295 Å². The molecule has 4 rings (SSSR count). The summed E-state index contributed by atoms with van der Waals surface area (Å²) in [5.41, 5.74) is 4.12. The molecule has 47 heavy (non-hydrogen) atoms. The number of amides is 1. The first kappa shape index (κ1) is 37.9. The number of carbonyl (C=O) groups is 2. The van der Waals surface area contributed by atoms with Crippen molar-refractivity contribution >= 4 is 11.9 Å². The van der Waals surface area contributed by atoms with Crippen LogP contribution in [0.2, 0.25) is 0 Å². The van der Waals surface area contributed by atoms with Crippen LogP contribution < -0.4 is 44.7 Å². The van der Waals surface area contributed by atoms with Crippen LogP contribution in [0.4, 0.5) is 8.78 Å². The fourth-order valence-electron chi connectivity index (χ4n) is 5.75. The summed E-state index contributed by atoms with van der Waals surface area (Å²) in [6.07, 6.45) is -2.79. The Kier molecular flexibility index (Phi) is 13.7. The zero-order valence-electron chi connectivity index (χ0n) is 27.3. The normalized spacial score (nSPS) is 13.0. The molecule has 1 heterocycles. The first-order valence-corrected chi connectivity index (χ1v) is 15.2. The van der Waals surface area contributed by atoms with Gasteiger partial charge in [-0.15, -0.1) is 0 Å². The summed E-state index contributed by atoms with van der Waals surface area (Å²) >= 11 is 0. The molecule has 1 amide bonds. The summed E-state index contributed by atoms with van der Waals surface area (Å²) < 4.78 is 35.4. The number of rotatable bonds is 14. The minimum Gasteiger partial charge on any atom is -0.550 e. The van der Waals surface area contributed by atoms with E-state index in [1.165, 1.54) is 24.3 Å². The second kappa shape index (κ2) is 17.0. The predicted molar refractivity (Wildman–Crippen MR) is 169 cm³/mol. The standard InChI is InChI=1S/C36H40F2N2O6.Na/c1-21(2)40-31(18-15-28(41)19-29(42)20-32(43)44)33(24-5-11-26(37)12-6-24)34(25-7-13-27(38)14-8-25)35(40)36(45)39-22(3)23-9-16-30(46-4)17-10-23;/h5-14,16-17,21-22,28-29,41-42H,15,18-20H2,1-4H3,(H,39,45)(H,43,44);/q;+1/p-1/t22-,28+,29+;/m0./s1. The number of carboxylic acids is 1. The monoisotopic (exact) mass is 656 g/mol. The molecule has 3 N–H and O–H groups in total. The van der Waals surface area contributed by atoms with Gasteiger partial charge in [-0.25, -0.2) is 8.78 Å². The summed E-state index contributed by atoms with van der Waals surface area (Å²) in [5, 5.41) is 34.9. The zero-order valence-corrected chi connectivity index (χ0v) is 29.3. The van der Waals surface area contributed by atoms with E-state index < -0.39 is 48.2 Å². The SMILES string of the molecule is COc1ccc([C@H](C)NC(=O)c2c(-c3ccc(F)cc3)c(-c3ccc(F)cc3)c(CC[C@@H](O)C[C@@H](O)CC(=O)[O-])n2C(C)C)cc1.[Na+]. The molecule has 3 atom stereocenters. The van der Waals surface area contributed by atoms with Gasteiger partial charge < -0.3 is 34.7 Å². The molecule has 8 nitrogen and oxygen atoms in total. The van der Waals surface area contributed by atoms with E-state index in [0.717, 1.165) is 5.56 Å². The van der Waals surface area contributed by atoms with Gasteiger partial charge in [-0.2, -0.15) is 0 Å². The zero-order chi connectivity index (χ0) is 33.5. The van der Waals surface area contributed by atoms with Crippen LogP contribution in [0, 0.1) is 11.6 Å². The number of carbonyl (C=O) groups excluding carboxylic acids is 2. The van der Waals surface area contributed by atoms with Crippen molar-refractivity contribution < 1.29 is 68.0 Å². The number of aliphatic carboxylic acids is 1. The van der Waals surface area contributed by atoms with E-state index in [0.29, 0.717) is 39.4 Å². The van der Waals surface area contributed by atoms with Crippen LogP contribution in [0.5, 0.6) is 5.75 Å². The molecule has 1 aromatic heterocycles. The molecule has 0 aliphatic heterocycles. The van der Waals surface area contributed by atoms with Crippen molar-refractivity contribution in [3.63, 3.8) is 0 Å². The third-order valence-electron chi connectivity index (χ3n) is 7.93. The Hall–Kier alpha value is -3.54. The van der Waals surface area contributed by atoms with Gasteiger partial charge in [0.05, 0.1) is 25.4 Å². The number of hydrogen-bond donors (Lipinski definition) is 3. The van der Waals surface area contributed by atoms with Gasteiger partial charge in [-0.3, -0.25) is 4.79 Å². The molecule has 0 saturated carbocycles. The number of benzene rings is 3. The summed E-state index contributed by atoms with van der Waals surface area (Å²) in [6, 6.07) is 18.3. The number of carboxylic acid groups (broad SMARTS) is 1. The van der Waals surface area contributed by atoms with Gasteiger partial charge in [0.2, 0.25) is 0 Å². The maximum absolute atomic E-state index is 14.3. The number of ether oxygens (including phenoxy) is 1. The van der Waals surface area contributed by atoms with E-state index in [9.17, 15) is 33.7 Å². The summed E-state index contributed by atoms with van der Waals surface area (Å²) in [7, 11) is 1.57. The topological polar surface area (TPSA) is 124 Å². The van der Waals surface area contributed by atoms with Gasteiger partial charge in [-0.05, 0) is 93.1 Å². The van der Waals surface area contributed by atoms with Gasteiger partial charge in [-0.1, -0.05) is 36.4 Å². The number of aromatic nitrogens is 1. The van der Waals surface area contributed by atoms with Crippen LogP contribution in [0.15, 0.2) is 72.8 Å². The van der Waals surface area contributed by atoms with E-state index in [4.69, 9.17) is 4.74 Å². The third kappa shape index (κ3) is 9.52. The Morgan fingerprint density at radius 2 is 1.38 bits per heavy atom. The maximum atomic E-state index is 14.3. The molecule has 0 fully saturated rings. The van der Waals surface area contributed by atoms with Crippen molar-refractivity contribution in [3.05, 3.63) is 101 Å². The van der Waals surface area contributed by atoms with Crippen molar-refractivity contribution in [2.75, 3.05) is 7.11 Å². The summed E-state index contributed by atoms with van der Waals surface area (Å²) in [4.78, 5) is 25.3. The van der Waals surface area contributed by atoms with E-state index in [-0.39, 0.29) is 54.9 Å². The smallest absolute Gasteiger partial charge is 0.550 e. The molecule has 0 spiro atoms. The summed E-state index contributed by atoms with van der Waals surface area (Å²) in [6.45, 7) is 5.68. The van der Waals surface area contributed by atoms with Gasteiger partial charge >= 0.3 is 29.6 Å². The molecule has 3 aromatic carbocycles. The Morgan fingerprint density at radius 3 is 1.87 bits per heavy atom. The minimum absolute atomic E-state index is 0. The van der Waals surface area contributed by atoms with Crippen molar-refractivity contribution in [2.24, 2.45) is 0 Å². The first-order chi connectivity index (χ1) is 21.9. The van der Waals surface area contributed by atoms with E-state index >= 15 is 0 Å². The number of nitrogens with one attached hydrogen (secondary N) is 1. The van der Waals surface area contributed by atoms with Crippen molar-refractivity contribution in [1.29, 1.82) is 0 Å². The van der Waals surface area contributed by atoms with Crippen LogP contribution in [0.1, 0.15) is 73.9 Å².